The Balaban J connectivity index is 0. The molecule has 0 radical (unpaired) electrons. The summed E-state index contributed by atoms with van der Waals surface area (Å²) in [6, 6.07) is 0. The quantitative estimate of drug-likeness (QED) is 0.0728. The van der Waals surface area contributed by atoms with Gasteiger partial charge in [0.2, 0.25) is 0 Å². The number of carbonyl (C=O) groups is 2. The molecule has 4 unspecified atom stereocenters. The van der Waals surface area contributed by atoms with E-state index in [-0.39, 0.29) is 96.5 Å². The first-order valence-electron chi connectivity index (χ1n) is 26.2. The Morgan fingerprint density at radius 1 is 0.482 bits per heavy atom. The fourth-order valence-corrected chi connectivity index (χ4v) is 11.2. The van der Waals surface area contributed by atoms with Gasteiger partial charge in [-0.1, -0.05) is 0 Å². The van der Waals surface area contributed by atoms with Gasteiger partial charge in [0.15, 0.2) is 11.6 Å². The van der Waals surface area contributed by atoms with Gasteiger partial charge < -0.3 is 63.4 Å². The number of aliphatic hydroxyl groups excluding tert-OH is 5. The van der Waals surface area contributed by atoms with Crippen molar-refractivity contribution in [1.82, 2.24) is 0 Å². The maximum atomic E-state index is 13.8. The zero-order valence-corrected chi connectivity index (χ0v) is 51.3. The number of hydrogen-bond donors (Lipinski definition) is 5. The molecule has 2 aliphatic heterocycles. The third-order valence-corrected chi connectivity index (χ3v) is 13.4. The zero-order chi connectivity index (χ0) is 65.7. The minimum absolute atomic E-state index is 0. The van der Waals surface area contributed by atoms with Gasteiger partial charge >= 0.3 is 71.1 Å². The van der Waals surface area contributed by atoms with Crippen LogP contribution in [0.15, 0.2) is 0 Å². The summed E-state index contributed by atoms with van der Waals surface area (Å²) in [5.41, 5.74) is -1.16. The molecule has 0 aromatic carbocycles. The van der Waals surface area contributed by atoms with E-state index in [1.807, 2.05) is 0 Å². The van der Waals surface area contributed by atoms with Crippen LogP contribution in [0.25, 0.3) is 0 Å². The van der Waals surface area contributed by atoms with Gasteiger partial charge in [0.05, 0.1) is 38.1 Å². The van der Waals surface area contributed by atoms with Crippen molar-refractivity contribution in [3.63, 3.8) is 0 Å². The number of hydrogen-bond acceptors (Lipinski definition) is 19. The van der Waals surface area contributed by atoms with Gasteiger partial charge in [0.1, 0.15) is 33.0 Å². The minimum atomic E-state index is -5.09. The number of halogens is 14. The van der Waals surface area contributed by atoms with Gasteiger partial charge in [-0.25, -0.2) is 9.59 Å². The molecule has 85 heavy (non-hydrogen) atoms. The Labute approximate surface area is 504 Å². The van der Waals surface area contributed by atoms with Gasteiger partial charge in [-0.05, 0) is 131 Å². The molecular formula is C49H78F14O19S2Ti. The predicted octanol–water partition coefficient (Wildman–Crippen LogP) is 7.22. The van der Waals surface area contributed by atoms with Crippen LogP contribution in [0.2, 0.25) is 0 Å². The number of ether oxygens (including phenoxy) is 8. The van der Waals surface area contributed by atoms with E-state index in [2.05, 4.69) is 9.47 Å². The van der Waals surface area contributed by atoms with Gasteiger partial charge in [0.25, 0.3) is 0 Å². The molecule has 2 saturated heterocycles. The third-order valence-electron chi connectivity index (χ3n) is 13.4. The van der Waals surface area contributed by atoms with E-state index in [1.54, 1.807) is 55.4 Å². The summed E-state index contributed by atoms with van der Waals surface area (Å²) >= 11 is -1.50. The number of methoxy groups -OCH3 is 1. The second-order valence-electron chi connectivity index (χ2n) is 22.0. The standard InChI is InChI=1S/C18H21F7O5.C16H22F4O4.C3H3F3O2.4C3H8O.2O2S.Ti/c19-15(20)8-29-17(30-9-16(15,21)22)11-3-10-4-12(17)7-14(5-10,6-11)28-2-1-27-13(26)18(23,24)25;17-14(18)8-23-16(24-9-15(14,19)20)11-3-10-4-12(16)7-13(5-10,6-11)22-2-1-21;1-8-2(7)3(4,5)6;4*1-3(2)4;2*1-3-2;/h10-12H,1-9H2;10-12,21H,1-9H2;1H3;4*3-4H,1-2H3;;;. The summed E-state index contributed by atoms with van der Waals surface area (Å²) in [7, 11) is 0.676. The first kappa shape index (κ1) is 84.9. The van der Waals surface area contributed by atoms with Crippen molar-refractivity contribution in [2.45, 2.75) is 203 Å². The summed E-state index contributed by atoms with van der Waals surface area (Å²) in [5, 5.41) is 41.2. The van der Waals surface area contributed by atoms with Gasteiger partial charge in [0, 0.05) is 69.8 Å². The molecule has 4 atom stereocenters. The van der Waals surface area contributed by atoms with Crippen LogP contribution < -0.4 is 0 Å². The van der Waals surface area contributed by atoms with Crippen LogP contribution in [0, 0.1) is 35.5 Å². The third kappa shape index (κ3) is 26.3. The van der Waals surface area contributed by atoms with Crippen molar-refractivity contribution in [3.8, 4) is 0 Å². The van der Waals surface area contributed by atoms with E-state index < -0.39 is 139 Å². The van der Waals surface area contributed by atoms with Crippen LogP contribution in [0.3, 0.4) is 0 Å². The molecule has 10 fully saturated rings. The van der Waals surface area contributed by atoms with Gasteiger partial charge in [-0.15, -0.1) is 0 Å². The van der Waals surface area contributed by atoms with Gasteiger partial charge in [-0.2, -0.15) is 78.3 Å². The topological polar surface area (TPSA) is 277 Å². The molecular weight excluding hydrogens is 1270 g/mol. The molecule has 8 aliphatic carbocycles. The van der Waals surface area contributed by atoms with Crippen LogP contribution in [-0.4, -0.2) is 198 Å². The molecule has 0 amide bonds. The van der Waals surface area contributed by atoms with Crippen LogP contribution >= 0.6 is 0 Å². The normalized spacial score (nSPS) is 29.2. The van der Waals surface area contributed by atoms with Crippen LogP contribution in [-0.2, 0) is 92.3 Å². The maximum absolute atomic E-state index is 13.8. The molecule has 10 rings (SSSR count). The first-order valence-corrected chi connectivity index (χ1v) is 27.5. The summed E-state index contributed by atoms with van der Waals surface area (Å²) in [5.74, 6) is -25.4. The summed E-state index contributed by atoms with van der Waals surface area (Å²) in [6.07, 6.45) is -4.97. The first-order chi connectivity index (χ1) is 38.2. The molecule has 36 heteroatoms. The number of alkyl halides is 14. The molecule has 2 spiro atoms. The van der Waals surface area contributed by atoms with Crippen LogP contribution in [0.4, 0.5) is 61.5 Å². The average Bonchev–Trinajstić information content (AvgIpc) is 1.77. The average molecular weight is 1350 g/mol. The number of rotatable bonds is 7. The van der Waals surface area contributed by atoms with Gasteiger partial charge in [-0.3, -0.25) is 0 Å². The molecule has 5 N–H and O–H groups in total. The Hall–Kier alpha value is -2.13. The molecule has 8 bridgehead atoms. The fraction of sp³-hybridized carbons (Fsp3) is 0.959. The van der Waals surface area contributed by atoms with Crippen molar-refractivity contribution in [3.05, 3.63) is 0 Å². The number of carbonyl (C=O) groups excluding carboxylic acids is 2. The van der Waals surface area contributed by atoms with Crippen molar-refractivity contribution >= 4 is 35.1 Å². The van der Waals surface area contributed by atoms with E-state index in [9.17, 15) is 71.1 Å². The molecule has 0 aromatic rings. The second-order valence-corrected chi connectivity index (χ2v) is 22.3. The number of esters is 2. The monoisotopic (exact) mass is 1350 g/mol. The maximum Gasteiger partial charge on any atom is 0.490 e. The second kappa shape index (κ2) is 36.1. The van der Waals surface area contributed by atoms with E-state index in [1.165, 1.54) is 0 Å². The van der Waals surface area contributed by atoms with E-state index >= 15 is 0 Å². The molecule has 10 aliphatic rings. The molecule has 0 aromatic heterocycles. The smallest absolute Gasteiger partial charge is 0.462 e. The van der Waals surface area contributed by atoms with E-state index in [0.717, 1.165) is 19.3 Å². The fourth-order valence-electron chi connectivity index (χ4n) is 11.2. The van der Waals surface area contributed by atoms with Crippen molar-refractivity contribution in [1.29, 1.82) is 0 Å². The van der Waals surface area contributed by atoms with E-state index in [4.69, 9.17) is 70.8 Å². The Morgan fingerprint density at radius 2 is 0.718 bits per heavy atom. The van der Waals surface area contributed by atoms with Crippen LogP contribution in [0.5, 0.6) is 0 Å². The Bertz CT molecular complexity index is 1930. The molecule has 502 valence electrons. The summed E-state index contributed by atoms with van der Waals surface area (Å²) < 4.78 is 253. The van der Waals surface area contributed by atoms with Crippen LogP contribution in [0.1, 0.15) is 120 Å². The summed E-state index contributed by atoms with van der Waals surface area (Å²) in [6.45, 7) is 7.53. The van der Waals surface area contributed by atoms with Crippen molar-refractivity contribution < 1.29 is 173 Å². The number of aliphatic hydroxyl groups is 5. The largest absolute Gasteiger partial charge is 0.490 e. The SMILES string of the molecule is CC(C)O.CC(C)O.CC(C)O.CC(C)O.COC(=O)C(F)(F)F.O=C(OCCOC12CC3CC(C1)C1(OCC(F)(F)C(F)(F)CO1)C(C3)C2)C(F)(F)F.O=S=O.O=S=O.OCCOC12CC3CC(C1)C1(OCC(F)(F)C(F)(F)CO1)C(C3)C2.[Ti]. The molecule has 2 heterocycles. The Kier molecular flexibility index (Phi) is 36.0. The van der Waals surface area contributed by atoms with E-state index in [0.29, 0.717) is 45.1 Å². The predicted molar refractivity (Wildman–Crippen MR) is 263 cm³/mol. The molecule has 8 saturated carbocycles. The van der Waals surface area contributed by atoms with Crippen molar-refractivity contribution in [2.75, 3.05) is 60.0 Å². The zero-order valence-electron chi connectivity index (χ0n) is 48.1. The Morgan fingerprint density at radius 3 is 0.918 bits per heavy atom. The molecule has 19 nitrogen and oxygen atoms in total. The van der Waals surface area contributed by atoms with Crippen molar-refractivity contribution in [2.24, 2.45) is 35.5 Å². The minimum Gasteiger partial charge on any atom is -0.462 e. The summed E-state index contributed by atoms with van der Waals surface area (Å²) in [4.78, 5) is 20.3.